The van der Waals surface area contributed by atoms with E-state index in [1.54, 1.807) is 12.1 Å². The molecule has 2 aromatic heterocycles. The standard InChI is InChI=1S/C9H6N4O/c1-10-8-3-2-7(12-8)9-6(5-14)4-11-13-9/h2-5,12H,(H,11,13). The highest BCUT2D eigenvalue weighted by Gasteiger charge is 2.10. The molecule has 0 unspecified atom stereocenters. The SMILES string of the molecule is [C-]#[N+]c1ccc(-c2[nH]ncc2C=O)[nH]1. The molecule has 0 aliphatic rings. The molecule has 0 aliphatic heterocycles. The van der Waals surface area contributed by atoms with Crippen molar-refractivity contribution in [3.05, 3.63) is 35.3 Å². The Bertz CT molecular complexity index is 503. The van der Waals surface area contributed by atoms with Crippen molar-refractivity contribution in [2.75, 3.05) is 0 Å². The molecule has 5 nitrogen and oxygen atoms in total. The number of hydrogen-bond donors (Lipinski definition) is 2. The van der Waals surface area contributed by atoms with E-state index in [0.29, 0.717) is 22.8 Å². The van der Waals surface area contributed by atoms with Crippen LogP contribution in [0.2, 0.25) is 0 Å². The zero-order valence-electron chi connectivity index (χ0n) is 7.11. The third-order valence-electron chi connectivity index (χ3n) is 1.86. The van der Waals surface area contributed by atoms with Gasteiger partial charge in [0.2, 0.25) is 5.82 Å². The summed E-state index contributed by atoms with van der Waals surface area (Å²) < 4.78 is 0. The minimum Gasteiger partial charge on any atom is -0.364 e. The Balaban J connectivity index is 2.49. The highest BCUT2D eigenvalue weighted by atomic mass is 16.1. The number of aldehydes is 1. The number of carbonyl (C=O) groups is 1. The maximum atomic E-state index is 10.6. The molecule has 5 heteroatoms. The van der Waals surface area contributed by atoms with Gasteiger partial charge in [-0.25, -0.2) is 0 Å². The van der Waals surface area contributed by atoms with E-state index < -0.39 is 0 Å². The molecule has 0 radical (unpaired) electrons. The number of aromatic amines is 2. The largest absolute Gasteiger partial charge is 0.364 e. The summed E-state index contributed by atoms with van der Waals surface area (Å²) in [7, 11) is 0. The molecule has 0 saturated heterocycles. The monoisotopic (exact) mass is 186 g/mol. The van der Waals surface area contributed by atoms with Gasteiger partial charge < -0.3 is 9.83 Å². The second kappa shape index (κ2) is 3.18. The van der Waals surface area contributed by atoms with Gasteiger partial charge in [-0.1, -0.05) is 6.57 Å². The van der Waals surface area contributed by atoms with Crippen molar-refractivity contribution in [2.45, 2.75) is 0 Å². The Labute approximate surface area is 79.6 Å². The maximum Gasteiger partial charge on any atom is 0.228 e. The molecule has 2 N–H and O–H groups in total. The fraction of sp³-hybridized carbons (Fsp3) is 0. The van der Waals surface area contributed by atoms with Gasteiger partial charge in [0.15, 0.2) is 6.29 Å². The summed E-state index contributed by atoms with van der Waals surface area (Å²) in [4.78, 5) is 16.7. The zero-order valence-corrected chi connectivity index (χ0v) is 7.11. The number of rotatable bonds is 2. The van der Waals surface area contributed by atoms with E-state index >= 15 is 0 Å². The van der Waals surface area contributed by atoms with Gasteiger partial charge in [-0.05, 0) is 12.1 Å². The lowest BCUT2D eigenvalue weighted by Crippen LogP contribution is -1.83. The smallest absolute Gasteiger partial charge is 0.228 e. The molecule has 0 atom stereocenters. The van der Waals surface area contributed by atoms with Crippen molar-refractivity contribution in [3.8, 4) is 11.4 Å². The summed E-state index contributed by atoms with van der Waals surface area (Å²) >= 11 is 0. The van der Waals surface area contributed by atoms with Crippen LogP contribution in [0.25, 0.3) is 16.2 Å². The fourth-order valence-electron chi connectivity index (χ4n) is 1.20. The van der Waals surface area contributed by atoms with Gasteiger partial charge in [-0.3, -0.25) is 9.89 Å². The quantitative estimate of drug-likeness (QED) is 0.554. The summed E-state index contributed by atoms with van der Waals surface area (Å²) in [5.41, 5.74) is 1.77. The third-order valence-corrected chi connectivity index (χ3v) is 1.86. The normalized spacial score (nSPS) is 9.64. The summed E-state index contributed by atoms with van der Waals surface area (Å²) in [6, 6.07) is 3.38. The molecule has 0 aromatic carbocycles. The average molecular weight is 186 g/mol. The zero-order chi connectivity index (χ0) is 9.97. The van der Waals surface area contributed by atoms with Crippen molar-refractivity contribution >= 4 is 12.1 Å². The summed E-state index contributed by atoms with van der Waals surface area (Å²) in [6.07, 6.45) is 2.16. The van der Waals surface area contributed by atoms with Crippen LogP contribution in [-0.2, 0) is 0 Å². The molecule has 14 heavy (non-hydrogen) atoms. The van der Waals surface area contributed by atoms with E-state index in [2.05, 4.69) is 20.0 Å². The summed E-state index contributed by atoms with van der Waals surface area (Å²) in [6.45, 7) is 6.78. The molecular weight excluding hydrogens is 180 g/mol. The van der Waals surface area contributed by atoms with Crippen LogP contribution in [0.15, 0.2) is 18.3 Å². The fourth-order valence-corrected chi connectivity index (χ4v) is 1.20. The molecule has 0 saturated carbocycles. The van der Waals surface area contributed by atoms with Crippen molar-refractivity contribution in [1.29, 1.82) is 0 Å². The maximum absolute atomic E-state index is 10.6. The second-order valence-corrected chi connectivity index (χ2v) is 2.69. The summed E-state index contributed by atoms with van der Waals surface area (Å²) in [5, 5.41) is 6.45. The lowest BCUT2D eigenvalue weighted by atomic mass is 10.2. The molecule has 0 aliphatic carbocycles. The highest BCUT2D eigenvalue weighted by molar-refractivity contribution is 5.84. The van der Waals surface area contributed by atoms with Crippen LogP contribution in [0.5, 0.6) is 0 Å². The molecular formula is C9H6N4O. The predicted molar refractivity (Wildman–Crippen MR) is 50.0 cm³/mol. The Hall–Kier alpha value is -2.35. The molecule has 2 heterocycles. The van der Waals surface area contributed by atoms with Gasteiger partial charge >= 0.3 is 0 Å². The van der Waals surface area contributed by atoms with Gasteiger partial charge in [0.25, 0.3) is 0 Å². The van der Waals surface area contributed by atoms with Crippen LogP contribution < -0.4 is 0 Å². The Morgan fingerprint density at radius 3 is 3.00 bits per heavy atom. The third kappa shape index (κ3) is 1.19. The first kappa shape index (κ1) is 8.26. The van der Waals surface area contributed by atoms with E-state index in [1.807, 2.05) is 0 Å². The average Bonchev–Trinajstić information content (AvgIpc) is 2.85. The van der Waals surface area contributed by atoms with Crippen LogP contribution in [-0.4, -0.2) is 21.5 Å². The van der Waals surface area contributed by atoms with Crippen molar-refractivity contribution in [3.63, 3.8) is 0 Å². The van der Waals surface area contributed by atoms with Crippen LogP contribution in [0.1, 0.15) is 10.4 Å². The first-order valence-corrected chi connectivity index (χ1v) is 3.90. The first-order valence-electron chi connectivity index (χ1n) is 3.90. The molecule has 68 valence electrons. The van der Waals surface area contributed by atoms with Gasteiger partial charge in [0.05, 0.1) is 11.8 Å². The van der Waals surface area contributed by atoms with Crippen LogP contribution in [0, 0.1) is 6.57 Å². The minimum absolute atomic E-state index is 0.437. The first-order chi connectivity index (χ1) is 6.85. The van der Waals surface area contributed by atoms with Crippen LogP contribution >= 0.6 is 0 Å². The number of aromatic nitrogens is 3. The molecule has 0 spiro atoms. The number of nitrogens with zero attached hydrogens (tertiary/aromatic N) is 2. The number of carbonyl (C=O) groups excluding carboxylic acids is 1. The summed E-state index contributed by atoms with van der Waals surface area (Å²) in [5.74, 6) is 0.437. The van der Waals surface area contributed by atoms with Gasteiger partial charge in [0.1, 0.15) is 11.4 Å². The van der Waals surface area contributed by atoms with E-state index in [9.17, 15) is 4.79 Å². The second-order valence-electron chi connectivity index (χ2n) is 2.69. The lowest BCUT2D eigenvalue weighted by Gasteiger charge is -1.89. The Kier molecular flexibility index (Phi) is 1.88. The topological polar surface area (TPSA) is 65.9 Å². The van der Waals surface area contributed by atoms with Crippen molar-refractivity contribution in [2.24, 2.45) is 0 Å². The predicted octanol–water partition coefficient (Wildman–Crippen LogP) is 1.77. The van der Waals surface area contributed by atoms with Crippen LogP contribution in [0.4, 0.5) is 5.82 Å². The minimum atomic E-state index is 0.437. The van der Waals surface area contributed by atoms with Crippen molar-refractivity contribution in [1.82, 2.24) is 15.2 Å². The van der Waals surface area contributed by atoms with E-state index in [4.69, 9.17) is 6.57 Å². The van der Waals surface area contributed by atoms with Crippen molar-refractivity contribution < 1.29 is 4.79 Å². The molecule has 0 amide bonds. The molecule has 2 aromatic rings. The highest BCUT2D eigenvalue weighted by Crippen LogP contribution is 2.22. The Morgan fingerprint density at radius 1 is 1.50 bits per heavy atom. The van der Waals surface area contributed by atoms with Gasteiger partial charge in [-0.2, -0.15) is 5.10 Å². The number of H-pyrrole nitrogens is 2. The van der Waals surface area contributed by atoms with E-state index in [-0.39, 0.29) is 0 Å². The van der Waals surface area contributed by atoms with E-state index in [0.717, 1.165) is 6.29 Å². The lowest BCUT2D eigenvalue weighted by molar-refractivity contribution is 0.112. The molecule has 0 bridgehead atoms. The van der Waals surface area contributed by atoms with Gasteiger partial charge in [-0.15, -0.1) is 0 Å². The molecule has 2 rings (SSSR count). The van der Waals surface area contributed by atoms with Gasteiger partial charge in [0, 0.05) is 0 Å². The van der Waals surface area contributed by atoms with E-state index in [1.165, 1.54) is 6.20 Å². The van der Waals surface area contributed by atoms with Crippen LogP contribution in [0.3, 0.4) is 0 Å². The number of nitrogens with one attached hydrogen (secondary N) is 2. The molecule has 0 fully saturated rings. The Morgan fingerprint density at radius 2 is 2.36 bits per heavy atom. The number of hydrogen-bond acceptors (Lipinski definition) is 2.